The molecule has 1 aromatic heterocycles. The van der Waals surface area contributed by atoms with E-state index in [0.717, 1.165) is 25.7 Å². The number of aromatic nitrogens is 3. The maximum atomic E-state index is 12.3. The number of benzene rings is 2. The van der Waals surface area contributed by atoms with Crippen molar-refractivity contribution < 1.29 is 14.6 Å². The topological polar surface area (TPSA) is 103 Å². The van der Waals surface area contributed by atoms with Crippen LogP contribution >= 0.6 is 0 Å². The van der Waals surface area contributed by atoms with Gasteiger partial charge in [-0.25, -0.2) is 9.89 Å². The SMILES string of the molecule is CC#CC1(O)CC[C@@]2(Cc3cccc(N(C)C)c3)c3ccc(OC(=O)Nc4ncn[nH]4)cc3CC[C@@H]2C1. The number of nitrogens with one attached hydrogen (secondary N) is 2. The molecule has 2 aliphatic carbocycles. The molecule has 5 rings (SSSR count). The number of fused-ring (bicyclic) bond motifs is 3. The van der Waals surface area contributed by atoms with Crippen LogP contribution in [0.1, 0.15) is 49.3 Å². The van der Waals surface area contributed by atoms with Crippen LogP contribution in [0.25, 0.3) is 0 Å². The Bertz CT molecular complexity index is 1340. The number of carbonyl (C=O) groups is 1. The minimum atomic E-state index is -0.937. The molecule has 1 heterocycles. The highest BCUT2D eigenvalue weighted by Crippen LogP contribution is 2.54. The fourth-order valence-corrected chi connectivity index (χ4v) is 6.21. The number of anilines is 2. The molecule has 1 amide bonds. The van der Waals surface area contributed by atoms with Gasteiger partial charge in [-0.3, -0.25) is 5.32 Å². The highest BCUT2D eigenvalue weighted by Gasteiger charge is 2.51. The van der Waals surface area contributed by atoms with Crippen molar-refractivity contribution in [2.24, 2.45) is 5.92 Å². The third-order valence-corrected chi connectivity index (χ3v) is 7.88. The van der Waals surface area contributed by atoms with Crippen LogP contribution in [0.2, 0.25) is 0 Å². The van der Waals surface area contributed by atoms with Crippen LogP contribution < -0.4 is 15.0 Å². The molecule has 3 N–H and O–H groups in total. The fraction of sp³-hybridized carbons (Fsp3) is 0.414. The van der Waals surface area contributed by atoms with Crippen molar-refractivity contribution in [2.75, 3.05) is 24.3 Å². The molecule has 0 aliphatic heterocycles. The summed E-state index contributed by atoms with van der Waals surface area (Å²) >= 11 is 0. The molecule has 0 spiro atoms. The van der Waals surface area contributed by atoms with Gasteiger partial charge in [-0.1, -0.05) is 24.1 Å². The van der Waals surface area contributed by atoms with E-state index < -0.39 is 11.7 Å². The van der Waals surface area contributed by atoms with E-state index in [0.29, 0.717) is 24.5 Å². The zero-order valence-electron chi connectivity index (χ0n) is 21.5. The van der Waals surface area contributed by atoms with Gasteiger partial charge in [0.2, 0.25) is 5.95 Å². The second-order valence-corrected chi connectivity index (χ2v) is 10.4. The Kier molecular flexibility index (Phi) is 6.65. The number of H-pyrrole nitrogens is 1. The Hall–Kier alpha value is -3.83. The number of aromatic amines is 1. The van der Waals surface area contributed by atoms with Crippen molar-refractivity contribution in [2.45, 2.75) is 56.5 Å². The van der Waals surface area contributed by atoms with Crippen molar-refractivity contribution in [1.82, 2.24) is 15.2 Å². The zero-order chi connectivity index (χ0) is 26.0. The summed E-state index contributed by atoms with van der Waals surface area (Å²) in [4.78, 5) is 18.3. The van der Waals surface area contributed by atoms with Crippen LogP contribution in [-0.4, -0.2) is 46.1 Å². The Balaban J connectivity index is 1.47. The van der Waals surface area contributed by atoms with Gasteiger partial charge >= 0.3 is 6.09 Å². The zero-order valence-corrected chi connectivity index (χ0v) is 21.5. The molecule has 0 radical (unpaired) electrons. The molecular formula is C29H33N5O3. The number of carbonyl (C=O) groups excluding carboxylic acids is 1. The van der Waals surface area contributed by atoms with Crippen molar-refractivity contribution >= 4 is 17.7 Å². The number of hydrogen-bond acceptors (Lipinski definition) is 6. The third kappa shape index (κ3) is 5.05. The van der Waals surface area contributed by atoms with E-state index >= 15 is 0 Å². The molecule has 1 fully saturated rings. The van der Waals surface area contributed by atoms with Gasteiger partial charge in [-0.15, -0.1) is 5.92 Å². The maximum absolute atomic E-state index is 12.3. The summed E-state index contributed by atoms with van der Waals surface area (Å²) in [5.74, 6) is 7.06. The van der Waals surface area contributed by atoms with E-state index in [2.05, 4.69) is 81.7 Å². The number of aliphatic hydroxyl groups is 1. The Morgan fingerprint density at radius 1 is 1.27 bits per heavy atom. The average molecular weight is 500 g/mol. The van der Waals surface area contributed by atoms with Gasteiger partial charge in [0, 0.05) is 25.2 Å². The quantitative estimate of drug-likeness (QED) is 0.448. The molecule has 2 aliphatic rings. The Morgan fingerprint density at radius 2 is 2.14 bits per heavy atom. The van der Waals surface area contributed by atoms with E-state index in [9.17, 15) is 9.90 Å². The lowest BCUT2D eigenvalue weighted by atomic mass is 9.52. The lowest BCUT2D eigenvalue weighted by Gasteiger charge is -2.52. The first-order chi connectivity index (χ1) is 17.8. The molecular weight excluding hydrogens is 466 g/mol. The number of amides is 1. The summed E-state index contributed by atoms with van der Waals surface area (Å²) < 4.78 is 5.55. The number of aryl methyl sites for hydroxylation is 1. The standard InChI is InChI=1S/C29H33N5O3/c1-4-12-28(36)13-14-29(17-20-6-5-7-23(15-20)34(2)3)22(18-28)9-8-21-16-24(10-11-25(21)29)37-27(35)32-26-30-19-31-33-26/h5-7,10-11,15-16,19,22,36H,8-9,13-14,17-18H2,1-3H3,(H2,30,31,32,33,35)/t22-,28?,29+/m1/s1. The summed E-state index contributed by atoms with van der Waals surface area (Å²) in [5.41, 5.74) is 3.87. The molecule has 8 nitrogen and oxygen atoms in total. The van der Waals surface area contributed by atoms with Crippen molar-refractivity contribution in [3.63, 3.8) is 0 Å². The molecule has 1 unspecified atom stereocenters. The molecule has 37 heavy (non-hydrogen) atoms. The minimum Gasteiger partial charge on any atom is -0.410 e. The van der Waals surface area contributed by atoms with Gasteiger partial charge in [0.15, 0.2) is 0 Å². The fourth-order valence-electron chi connectivity index (χ4n) is 6.21. The van der Waals surface area contributed by atoms with Crippen LogP contribution in [0, 0.1) is 17.8 Å². The van der Waals surface area contributed by atoms with E-state index in [4.69, 9.17) is 4.74 Å². The highest BCUT2D eigenvalue weighted by atomic mass is 16.6. The molecule has 0 bridgehead atoms. The van der Waals surface area contributed by atoms with Gasteiger partial charge in [0.1, 0.15) is 17.7 Å². The van der Waals surface area contributed by atoms with Crippen molar-refractivity contribution in [3.05, 3.63) is 65.5 Å². The lowest BCUT2D eigenvalue weighted by Crippen LogP contribution is -2.50. The largest absolute Gasteiger partial charge is 0.419 e. The van der Waals surface area contributed by atoms with Crippen molar-refractivity contribution in [3.8, 4) is 17.6 Å². The highest BCUT2D eigenvalue weighted by molar-refractivity contribution is 5.84. The maximum Gasteiger partial charge on any atom is 0.419 e. The predicted octanol–water partition coefficient (Wildman–Crippen LogP) is 4.46. The first-order valence-electron chi connectivity index (χ1n) is 12.7. The van der Waals surface area contributed by atoms with Crippen LogP contribution in [0.3, 0.4) is 0 Å². The average Bonchev–Trinajstić information content (AvgIpc) is 3.37. The van der Waals surface area contributed by atoms with Crippen molar-refractivity contribution in [1.29, 1.82) is 0 Å². The molecule has 1 saturated carbocycles. The molecule has 3 atom stereocenters. The normalized spacial score (nSPS) is 24.2. The first-order valence-corrected chi connectivity index (χ1v) is 12.7. The smallest absolute Gasteiger partial charge is 0.410 e. The summed E-state index contributed by atoms with van der Waals surface area (Å²) in [6, 6.07) is 14.7. The van der Waals surface area contributed by atoms with E-state index in [1.165, 1.54) is 28.7 Å². The van der Waals surface area contributed by atoms with E-state index in [1.54, 1.807) is 6.92 Å². The predicted molar refractivity (Wildman–Crippen MR) is 143 cm³/mol. The summed E-state index contributed by atoms with van der Waals surface area (Å²) in [5, 5.41) is 20.1. The lowest BCUT2D eigenvalue weighted by molar-refractivity contribution is -0.00804. The van der Waals surface area contributed by atoms with Crippen LogP contribution in [0.15, 0.2) is 48.8 Å². The summed E-state index contributed by atoms with van der Waals surface area (Å²) in [7, 11) is 4.11. The Morgan fingerprint density at radius 3 is 2.89 bits per heavy atom. The minimum absolute atomic E-state index is 0.124. The number of ether oxygens (including phenoxy) is 1. The van der Waals surface area contributed by atoms with E-state index in [-0.39, 0.29) is 11.4 Å². The van der Waals surface area contributed by atoms with Crippen LogP contribution in [0.5, 0.6) is 5.75 Å². The van der Waals surface area contributed by atoms with Crippen LogP contribution in [0.4, 0.5) is 16.4 Å². The molecule has 0 saturated heterocycles. The second-order valence-electron chi connectivity index (χ2n) is 10.4. The number of hydrogen-bond donors (Lipinski definition) is 3. The molecule has 192 valence electrons. The first kappa shape index (κ1) is 24.8. The van der Waals surface area contributed by atoms with Crippen LogP contribution in [-0.2, 0) is 18.3 Å². The number of rotatable bonds is 5. The number of nitrogens with zero attached hydrogens (tertiary/aromatic N) is 3. The van der Waals surface area contributed by atoms with Gasteiger partial charge < -0.3 is 14.7 Å². The Labute approximate surface area is 217 Å². The van der Waals surface area contributed by atoms with Gasteiger partial charge in [-0.2, -0.15) is 10.1 Å². The molecule has 2 aromatic carbocycles. The molecule has 3 aromatic rings. The second kappa shape index (κ2) is 9.91. The van der Waals surface area contributed by atoms with Gasteiger partial charge in [0.05, 0.1) is 0 Å². The van der Waals surface area contributed by atoms with Gasteiger partial charge in [-0.05, 0) is 92.3 Å². The molecule has 8 heteroatoms. The monoisotopic (exact) mass is 499 g/mol. The third-order valence-electron chi connectivity index (χ3n) is 7.88. The summed E-state index contributed by atoms with van der Waals surface area (Å²) in [6.45, 7) is 1.79. The van der Waals surface area contributed by atoms with E-state index in [1.807, 2.05) is 12.1 Å². The van der Waals surface area contributed by atoms with Gasteiger partial charge in [0.25, 0.3) is 0 Å². The summed E-state index contributed by atoms with van der Waals surface area (Å²) in [6.07, 6.45) is 5.52.